The van der Waals surface area contributed by atoms with Gasteiger partial charge in [-0.1, -0.05) is 176 Å². The number of rotatable bonds is 4. The van der Waals surface area contributed by atoms with Gasteiger partial charge in [0, 0.05) is 16.3 Å². The van der Waals surface area contributed by atoms with Gasteiger partial charge in [0.2, 0.25) is 0 Å². The van der Waals surface area contributed by atoms with E-state index >= 15 is 0 Å². The van der Waals surface area contributed by atoms with Gasteiger partial charge in [0.05, 0.1) is 0 Å². The molecular weight excluding hydrogens is 713 g/mol. The van der Waals surface area contributed by atoms with E-state index in [-0.39, 0.29) is 0 Å². The lowest BCUT2D eigenvalue weighted by Gasteiger charge is -2.24. The van der Waals surface area contributed by atoms with Crippen molar-refractivity contribution in [3.05, 3.63) is 206 Å². The normalized spacial score (nSPS) is 12.2. The smallest absolute Gasteiger partial charge is 0.143 e. The number of fused-ring (bicyclic) bond motifs is 8. The summed E-state index contributed by atoms with van der Waals surface area (Å²) in [5, 5.41) is 9.75. The number of hydrogen-bond acceptors (Lipinski definition) is 1. The monoisotopic (exact) mass is 746 g/mol. The predicted molar refractivity (Wildman–Crippen MR) is 248 cm³/mol. The first kappa shape index (κ1) is 32.4. The molecule has 0 aromatic heterocycles. The van der Waals surface area contributed by atoms with Gasteiger partial charge in [-0.25, -0.2) is 0 Å². The third kappa shape index (κ3) is 4.67. The summed E-state index contributed by atoms with van der Waals surface area (Å²) in [6.07, 6.45) is 0. The highest BCUT2D eigenvalue weighted by Crippen LogP contribution is 2.58. The molecule has 0 bridgehead atoms. The zero-order valence-electron chi connectivity index (χ0n) is 32.0. The number of benzene rings is 11. The maximum Gasteiger partial charge on any atom is 0.143 e. The van der Waals surface area contributed by atoms with Gasteiger partial charge in [0.1, 0.15) is 11.5 Å². The van der Waals surface area contributed by atoms with Gasteiger partial charge < -0.3 is 4.74 Å². The Morgan fingerprint density at radius 3 is 1.54 bits per heavy atom. The fourth-order valence-corrected chi connectivity index (χ4v) is 10.3. The summed E-state index contributed by atoms with van der Waals surface area (Å²) in [6, 6.07) is 75.8. The summed E-state index contributed by atoms with van der Waals surface area (Å²) in [7, 11) is 0. The van der Waals surface area contributed by atoms with Crippen LogP contribution in [0.4, 0.5) is 0 Å². The van der Waals surface area contributed by atoms with Crippen LogP contribution in [0.25, 0.3) is 121 Å². The van der Waals surface area contributed by atoms with Crippen molar-refractivity contribution in [2.75, 3.05) is 0 Å². The van der Waals surface area contributed by atoms with Crippen LogP contribution in [0.3, 0.4) is 0 Å². The molecule has 0 unspecified atom stereocenters. The average molecular weight is 747 g/mol. The van der Waals surface area contributed by atoms with Crippen molar-refractivity contribution in [1.82, 2.24) is 0 Å². The van der Waals surface area contributed by atoms with Gasteiger partial charge in [-0.2, -0.15) is 0 Å². The molecule has 2 aliphatic rings. The quantitative estimate of drug-likeness (QED) is 0.174. The van der Waals surface area contributed by atoms with Gasteiger partial charge in [0.15, 0.2) is 0 Å². The molecule has 0 N–H and O–H groups in total. The summed E-state index contributed by atoms with van der Waals surface area (Å²) >= 11 is 0. The Morgan fingerprint density at radius 1 is 0.254 bits per heavy atom. The molecule has 0 saturated heterocycles. The summed E-state index contributed by atoms with van der Waals surface area (Å²) in [5.41, 5.74) is 17.3. The van der Waals surface area contributed by atoms with E-state index in [1.165, 1.54) is 105 Å². The fourth-order valence-electron chi connectivity index (χ4n) is 10.3. The molecule has 11 aromatic carbocycles. The van der Waals surface area contributed by atoms with Crippen molar-refractivity contribution >= 4 is 43.1 Å². The first-order valence-corrected chi connectivity index (χ1v) is 20.4. The Bertz CT molecular complexity index is 3560. The Hall–Kier alpha value is -7.74. The topological polar surface area (TPSA) is 9.23 Å². The van der Waals surface area contributed by atoms with Gasteiger partial charge >= 0.3 is 0 Å². The van der Waals surface area contributed by atoms with Crippen LogP contribution < -0.4 is 4.74 Å². The first-order chi connectivity index (χ1) is 29.3. The minimum atomic E-state index is 0.897. The number of hydrogen-bond donors (Lipinski definition) is 0. The maximum atomic E-state index is 6.84. The van der Waals surface area contributed by atoms with Crippen molar-refractivity contribution in [3.63, 3.8) is 0 Å². The van der Waals surface area contributed by atoms with E-state index in [1.54, 1.807) is 0 Å². The van der Waals surface area contributed by atoms with Crippen LogP contribution in [0.15, 0.2) is 206 Å². The van der Waals surface area contributed by atoms with E-state index in [1.807, 2.05) is 0 Å². The minimum absolute atomic E-state index is 0.897. The molecule has 1 aliphatic heterocycles. The summed E-state index contributed by atoms with van der Waals surface area (Å²) < 4.78 is 6.84. The van der Waals surface area contributed by atoms with Crippen molar-refractivity contribution < 1.29 is 4.74 Å². The second-order valence-corrected chi connectivity index (χ2v) is 15.9. The van der Waals surface area contributed by atoms with Crippen LogP contribution in [0, 0.1) is 0 Å². The van der Waals surface area contributed by atoms with Gasteiger partial charge in [-0.3, -0.25) is 0 Å². The zero-order chi connectivity index (χ0) is 38.6. The van der Waals surface area contributed by atoms with Crippen molar-refractivity contribution in [3.8, 4) is 89.4 Å². The van der Waals surface area contributed by atoms with E-state index in [4.69, 9.17) is 4.74 Å². The lowest BCUT2D eigenvalue weighted by Crippen LogP contribution is -1.99. The van der Waals surface area contributed by atoms with Crippen molar-refractivity contribution in [1.29, 1.82) is 0 Å². The second kappa shape index (κ2) is 12.4. The Morgan fingerprint density at radius 2 is 0.797 bits per heavy atom. The van der Waals surface area contributed by atoms with Crippen LogP contribution in [-0.4, -0.2) is 0 Å². The molecule has 1 nitrogen and oxygen atoms in total. The third-order valence-corrected chi connectivity index (χ3v) is 12.7. The maximum absolute atomic E-state index is 6.84. The molecule has 0 amide bonds. The molecule has 0 saturated carbocycles. The molecule has 0 atom stereocenters. The lowest BCUT2D eigenvalue weighted by atomic mass is 9.81. The molecule has 272 valence electrons. The molecule has 1 heteroatoms. The van der Waals surface area contributed by atoms with Crippen LogP contribution in [0.5, 0.6) is 11.5 Å². The Balaban J connectivity index is 1.13. The minimum Gasteiger partial charge on any atom is -0.455 e. The molecule has 11 aromatic rings. The van der Waals surface area contributed by atoms with Crippen molar-refractivity contribution in [2.45, 2.75) is 0 Å². The van der Waals surface area contributed by atoms with Crippen LogP contribution in [-0.2, 0) is 0 Å². The van der Waals surface area contributed by atoms with Crippen LogP contribution >= 0.6 is 0 Å². The highest BCUT2D eigenvalue weighted by atomic mass is 16.5. The summed E-state index contributed by atoms with van der Waals surface area (Å²) in [5.74, 6) is 1.83. The van der Waals surface area contributed by atoms with E-state index in [0.717, 1.165) is 27.8 Å². The van der Waals surface area contributed by atoms with E-state index in [2.05, 4.69) is 206 Å². The molecule has 13 rings (SSSR count). The van der Waals surface area contributed by atoms with Gasteiger partial charge in [-0.05, 0) is 135 Å². The fraction of sp³-hybridized carbons (Fsp3) is 0. The van der Waals surface area contributed by atoms with Crippen LogP contribution in [0.2, 0.25) is 0 Å². The Labute approximate surface area is 342 Å². The van der Waals surface area contributed by atoms with E-state index < -0.39 is 0 Å². The van der Waals surface area contributed by atoms with Gasteiger partial charge in [0.25, 0.3) is 0 Å². The van der Waals surface area contributed by atoms with E-state index in [0.29, 0.717) is 0 Å². The summed E-state index contributed by atoms with van der Waals surface area (Å²) in [4.78, 5) is 0. The molecule has 59 heavy (non-hydrogen) atoms. The SMILES string of the molecule is c1ccc(-c2cc(-c3c4c(c(-c5ccccc5)c5ccccc35)-c3cccc5cccc-4c35)cc(-c3ccc4c5c(cccc35)-c3ccc5ccccc5c3O4)c2)cc1. The largest absolute Gasteiger partial charge is 0.455 e. The lowest BCUT2D eigenvalue weighted by molar-refractivity contribution is 0.493. The highest BCUT2D eigenvalue weighted by Gasteiger charge is 2.31. The molecule has 0 spiro atoms. The van der Waals surface area contributed by atoms with Gasteiger partial charge in [-0.15, -0.1) is 0 Å². The average Bonchev–Trinajstić information content (AvgIpc) is 3.63. The zero-order valence-corrected chi connectivity index (χ0v) is 32.0. The Kier molecular flexibility index (Phi) is 6.79. The predicted octanol–water partition coefficient (Wildman–Crippen LogP) is 16.4. The summed E-state index contributed by atoms with van der Waals surface area (Å²) in [6.45, 7) is 0. The first-order valence-electron chi connectivity index (χ1n) is 20.4. The molecular formula is C58H34O. The standard InChI is InChI=1S/C58H34O/c1-3-14-35(15-4-1)39-32-40(42-30-31-51-55-44(42)24-13-25-47(55)48-29-28-36-16-7-8-21-43(36)58(48)59-51)34-41(33-39)54-46-23-10-9-22-45(46)53(38-17-5-2-6-18-38)56-49-26-11-19-37-20-12-27-50(52(37)49)57(54)56/h1-34H. The molecule has 1 aliphatic carbocycles. The molecule has 1 heterocycles. The number of ether oxygens (including phenoxy) is 1. The van der Waals surface area contributed by atoms with Crippen LogP contribution in [0.1, 0.15) is 0 Å². The molecule has 0 fully saturated rings. The third-order valence-electron chi connectivity index (χ3n) is 12.7. The highest BCUT2D eigenvalue weighted by molar-refractivity contribution is 6.27. The molecule has 0 radical (unpaired) electrons. The van der Waals surface area contributed by atoms with E-state index in [9.17, 15) is 0 Å². The second-order valence-electron chi connectivity index (χ2n) is 15.9. The van der Waals surface area contributed by atoms with Crippen molar-refractivity contribution in [2.24, 2.45) is 0 Å².